The molecule has 9 nitrogen and oxygen atoms in total. The second kappa shape index (κ2) is 9.51. The summed E-state index contributed by atoms with van der Waals surface area (Å²) in [4.78, 5) is 4.58. The van der Waals surface area contributed by atoms with Crippen LogP contribution in [-0.2, 0) is 11.3 Å². The summed E-state index contributed by atoms with van der Waals surface area (Å²) in [6, 6.07) is 22.2. The molecule has 1 atom stereocenters. The van der Waals surface area contributed by atoms with Crippen LogP contribution in [0.25, 0.3) is 17.0 Å². The van der Waals surface area contributed by atoms with Gasteiger partial charge in [0.1, 0.15) is 5.75 Å². The molecule has 0 amide bonds. The van der Waals surface area contributed by atoms with E-state index in [1.165, 1.54) is 0 Å². The fraction of sp³-hybridized carbons (Fsp3) is 0.120. The third kappa shape index (κ3) is 4.97. The number of benzene rings is 3. The van der Waals surface area contributed by atoms with Crippen LogP contribution < -0.4 is 18.4 Å². The third-order valence-corrected chi connectivity index (χ3v) is 5.99. The largest absolute Gasteiger partial charge is 0.493 e. The lowest BCUT2D eigenvalue weighted by atomic mass is 10.1. The molecule has 0 aliphatic carbocycles. The fourth-order valence-corrected chi connectivity index (χ4v) is 4.15. The number of methoxy groups -OCH3 is 1. The SMILES string of the molecule is COc1ccccc1Oc1cc2nc(-c3ccc(NS(=O)Oc4cc(C)ccc4C)cc3)[nH]n2n1. The lowest BCUT2D eigenvalue weighted by Gasteiger charge is -2.10. The van der Waals surface area contributed by atoms with Crippen LogP contribution in [0.1, 0.15) is 11.1 Å². The van der Waals surface area contributed by atoms with E-state index < -0.39 is 11.3 Å². The molecule has 0 aliphatic rings. The van der Waals surface area contributed by atoms with Crippen LogP contribution in [0, 0.1) is 13.8 Å². The molecule has 0 saturated heterocycles. The number of H-pyrrole nitrogens is 1. The number of hydrogen-bond donors (Lipinski definition) is 2. The number of aromatic amines is 1. The van der Waals surface area contributed by atoms with Gasteiger partial charge in [0.05, 0.1) is 7.11 Å². The van der Waals surface area contributed by atoms with E-state index in [1.807, 2.05) is 62.4 Å². The molecule has 5 aromatic rings. The maximum atomic E-state index is 12.4. The van der Waals surface area contributed by atoms with Crippen molar-refractivity contribution in [2.75, 3.05) is 11.8 Å². The molecule has 0 spiro atoms. The number of anilines is 1. The van der Waals surface area contributed by atoms with Crippen LogP contribution in [0.4, 0.5) is 5.69 Å². The lowest BCUT2D eigenvalue weighted by molar-refractivity contribution is 0.373. The Hall–Kier alpha value is -4.31. The number of hydrogen-bond acceptors (Lipinski definition) is 6. The highest BCUT2D eigenvalue weighted by atomic mass is 32.2. The summed E-state index contributed by atoms with van der Waals surface area (Å²) in [6.07, 6.45) is 0. The van der Waals surface area contributed by atoms with E-state index in [-0.39, 0.29) is 0 Å². The van der Waals surface area contributed by atoms with Gasteiger partial charge in [0.25, 0.3) is 0 Å². The van der Waals surface area contributed by atoms with Crippen LogP contribution >= 0.6 is 0 Å². The van der Waals surface area contributed by atoms with Crippen molar-refractivity contribution in [3.63, 3.8) is 0 Å². The third-order valence-electron chi connectivity index (χ3n) is 5.26. The molecule has 3 aromatic carbocycles. The van der Waals surface area contributed by atoms with Gasteiger partial charge >= 0.3 is 11.3 Å². The summed E-state index contributed by atoms with van der Waals surface area (Å²) in [5.41, 5.74) is 4.06. The van der Waals surface area contributed by atoms with Crippen LogP contribution in [0.2, 0.25) is 0 Å². The number of aryl methyl sites for hydroxylation is 2. The zero-order valence-electron chi connectivity index (χ0n) is 19.3. The highest BCUT2D eigenvalue weighted by Gasteiger charge is 2.13. The van der Waals surface area contributed by atoms with Gasteiger partial charge in [-0.2, -0.15) is 8.84 Å². The second-order valence-electron chi connectivity index (χ2n) is 7.84. The van der Waals surface area contributed by atoms with Crippen molar-refractivity contribution in [2.45, 2.75) is 13.8 Å². The number of rotatable bonds is 8. The van der Waals surface area contributed by atoms with E-state index in [0.29, 0.717) is 40.3 Å². The number of para-hydroxylation sites is 2. The number of fused-ring (bicyclic) bond motifs is 1. The molecule has 0 saturated carbocycles. The lowest BCUT2D eigenvalue weighted by Crippen LogP contribution is -2.11. The molecule has 1 unspecified atom stereocenters. The minimum absolute atomic E-state index is 0.394. The Morgan fingerprint density at radius 2 is 1.71 bits per heavy atom. The zero-order valence-corrected chi connectivity index (χ0v) is 20.1. The van der Waals surface area contributed by atoms with E-state index in [9.17, 15) is 4.21 Å². The molecule has 0 fully saturated rings. The summed E-state index contributed by atoms with van der Waals surface area (Å²) in [6.45, 7) is 3.87. The number of nitrogens with one attached hydrogen (secondary N) is 2. The summed E-state index contributed by atoms with van der Waals surface area (Å²) in [5.74, 6) is 2.80. The first-order valence-corrected chi connectivity index (χ1v) is 11.9. The van der Waals surface area contributed by atoms with Gasteiger partial charge in [-0.05, 0) is 67.4 Å². The van der Waals surface area contributed by atoms with E-state index in [2.05, 4.69) is 19.9 Å². The summed E-state index contributed by atoms with van der Waals surface area (Å²) in [7, 11) is 1.59. The molecule has 2 heterocycles. The van der Waals surface area contributed by atoms with E-state index in [4.69, 9.17) is 13.7 Å². The quantitative estimate of drug-likeness (QED) is 0.310. The fourth-order valence-electron chi connectivity index (χ4n) is 3.44. The maximum absolute atomic E-state index is 12.4. The van der Waals surface area contributed by atoms with Gasteiger partial charge in [0.2, 0.25) is 5.88 Å². The van der Waals surface area contributed by atoms with Crippen molar-refractivity contribution in [1.29, 1.82) is 0 Å². The van der Waals surface area contributed by atoms with Gasteiger partial charge in [0.15, 0.2) is 23.0 Å². The van der Waals surface area contributed by atoms with Crippen LogP contribution in [0.15, 0.2) is 72.8 Å². The average Bonchev–Trinajstić information content (AvgIpc) is 3.41. The summed E-state index contributed by atoms with van der Waals surface area (Å²) >= 11 is -1.73. The molecule has 5 rings (SSSR count). The van der Waals surface area contributed by atoms with Gasteiger partial charge in [-0.15, -0.1) is 5.10 Å². The molecule has 2 aromatic heterocycles. The van der Waals surface area contributed by atoms with Crippen molar-refractivity contribution < 1.29 is 17.9 Å². The van der Waals surface area contributed by atoms with Crippen molar-refractivity contribution in [1.82, 2.24) is 19.8 Å². The Bertz CT molecular complexity index is 1480. The normalized spacial score (nSPS) is 11.9. The topological polar surface area (TPSA) is 103 Å². The van der Waals surface area contributed by atoms with Crippen LogP contribution in [-0.4, -0.2) is 31.1 Å². The van der Waals surface area contributed by atoms with Gasteiger partial charge < -0.3 is 13.7 Å². The number of aromatic nitrogens is 4. The Labute approximate surface area is 204 Å². The van der Waals surface area contributed by atoms with E-state index >= 15 is 0 Å². The van der Waals surface area contributed by atoms with Gasteiger partial charge in [0, 0.05) is 17.3 Å². The predicted molar refractivity (Wildman–Crippen MR) is 134 cm³/mol. The molecular formula is C25H23N5O4S. The standard InChI is InChI=1S/C25H23N5O4S/c1-16-8-9-17(2)22(14-16)34-35(31)29-19-12-10-18(11-13-19)25-26-23-15-24(27-30(23)28-25)33-21-7-5-4-6-20(21)32-3/h4-15,29H,1-3H3,(H,26,28). The molecule has 2 N–H and O–H groups in total. The van der Waals surface area contributed by atoms with Crippen LogP contribution in [0.5, 0.6) is 23.1 Å². The highest BCUT2D eigenvalue weighted by molar-refractivity contribution is 7.81. The zero-order chi connectivity index (χ0) is 24.4. The molecule has 0 aliphatic heterocycles. The second-order valence-corrected chi connectivity index (χ2v) is 8.68. The molecule has 178 valence electrons. The molecule has 35 heavy (non-hydrogen) atoms. The first kappa shape index (κ1) is 22.5. The number of ether oxygens (including phenoxy) is 2. The van der Waals surface area contributed by atoms with E-state index in [0.717, 1.165) is 16.7 Å². The average molecular weight is 490 g/mol. The molecule has 10 heteroatoms. The highest BCUT2D eigenvalue weighted by Crippen LogP contribution is 2.31. The van der Waals surface area contributed by atoms with Crippen LogP contribution in [0.3, 0.4) is 0 Å². The first-order valence-electron chi connectivity index (χ1n) is 10.8. The number of nitrogens with zero attached hydrogens (tertiary/aromatic N) is 3. The Balaban J connectivity index is 1.26. The maximum Gasteiger partial charge on any atom is 0.316 e. The van der Waals surface area contributed by atoms with Gasteiger partial charge in [-0.3, -0.25) is 9.82 Å². The molecular weight excluding hydrogens is 466 g/mol. The summed E-state index contributed by atoms with van der Waals surface area (Å²) < 4.78 is 33.5. The van der Waals surface area contributed by atoms with Crippen molar-refractivity contribution in [2.24, 2.45) is 0 Å². The Morgan fingerprint density at radius 3 is 2.46 bits per heavy atom. The smallest absolute Gasteiger partial charge is 0.316 e. The minimum Gasteiger partial charge on any atom is -0.493 e. The Morgan fingerprint density at radius 1 is 0.943 bits per heavy atom. The first-order chi connectivity index (χ1) is 17.0. The van der Waals surface area contributed by atoms with E-state index in [1.54, 1.807) is 36.0 Å². The summed E-state index contributed by atoms with van der Waals surface area (Å²) in [5, 5.41) is 7.52. The van der Waals surface area contributed by atoms with Gasteiger partial charge in [-0.1, -0.05) is 24.3 Å². The van der Waals surface area contributed by atoms with Crippen molar-refractivity contribution in [3.05, 3.63) is 83.9 Å². The van der Waals surface area contributed by atoms with Crippen molar-refractivity contribution in [3.8, 4) is 34.5 Å². The van der Waals surface area contributed by atoms with Crippen molar-refractivity contribution >= 4 is 22.6 Å². The monoisotopic (exact) mass is 489 g/mol. The molecule has 0 bridgehead atoms. The Kier molecular flexibility index (Phi) is 6.11. The predicted octanol–water partition coefficient (Wildman–Crippen LogP) is 5.21. The molecule has 0 radical (unpaired) electrons. The minimum atomic E-state index is -1.73. The van der Waals surface area contributed by atoms with Gasteiger partial charge in [-0.25, -0.2) is 4.98 Å².